The number of unbranched alkanes of at least 4 members (excludes halogenated alkanes) is 3. The van der Waals surface area contributed by atoms with Crippen molar-refractivity contribution in [3.63, 3.8) is 0 Å². The average molecular weight is 549 g/mol. The second-order valence-electron chi connectivity index (χ2n) is 9.59. The van der Waals surface area contributed by atoms with Gasteiger partial charge in [0.15, 0.2) is 0 Å². The van der Waals surface area contributed by atoms with E-state index in [0.29, 0.717) is 44.3 Å². The highest BCUT2D eigenvalue weighted by Crippen LogP contribution is 2.27. The van der Waals surface area contributed by atoms with E-state index in [2.05, 4.69) is 32.2 Å². The number of nitrogens with one attached hydrogen (secondary N) is 3. The maximum absolute atomic E-state index is 13.1. The zero-order chi connectivity index (χ0) is 27.7. The minimum absolute atomic E-state index is 0.0693. The van der Waals surface area contributed by atoms with Gasteiger partial charge in [0.25, 0.3) is 11.8 Å². The van der Waals surface area contributed by atoms with Crippen LogP contribution in [0.2, 0.25) is 0 Å². The number of carbonyl (C=O) groups is 4. The maximum Gasteiger partial charge on any atom is 0.271 e. The predicted molar refractivity (Wildman–Crippen MR) is 139 cm³/mol. The molecule has 1 saturated carbocycles. The molecule has 3 N–H and O–H groups in total. The highest BCUT2D eigenvalue weighted by Gasteiger charge is 2.39. The molecule has 3 rings (SSSR count). The van der Waals surface area contributed by atoms with Crippen molar-refractivity contribution >= 4 is 33.7 Å². The van der Waals surface area contributed by atoms with E-state index in [1.807, 2.05) is 0 Å². The van der Waals surface area contributed by atoms with Crippen molar-refractivity contribution in [2.24, 2.45) is 0 Å². The quantitative estimate of drug-likeness (QED) is 0.240. The highest BCUT2D eigenvalue weighted by molar-refractivity contribution is 7.90. The van der Waals surface area contributed by atoms with Crippen LogP contribution in [0.3, 0.4) is 0 Å². The summed E-state index contributed by atoms with van der Waals surface area (Å²) in [5.74, 6) is -2.41. The van der Waals surface area contributed by atoms with Gasteiger partial charge in [0.05, 0.1) is 23.7 Å². The molecule has 2 heterocycles. The molecule has 1 aromatic heterocycles. The molecule has 208 valence electrons. The van der Waals surface area contributed by atoms with Gasteiger partial charge in [-0.1, -0.05) is 31.9 Å². The third-order valence-electron chi connectivity index (χ3n) is 6.38. The van der Waals surface area contributed by atoms with E-state index >= 15 is 0 Å². The molecule has 0 unspecified atom stereocenters. The van der Waals surface area contributed by atoms with Crippen molar-refractivity contribution < 1.29 is 27.6 Å². The lowest BCUT2D eigenvalue weighted by atomic mass is 10.1. The van der Waals surface area contributed by atoms with E-state index in [0.717, 1.165) is 19.3 Å². The lowest BCUT2D eigenvalue weighted by Crippen LogP contribution is -2.54. The summed E-state index contributed by atoms with van der Waals surface area (Å²) in [4.78, 5) is 60.4. The fourth-order valence-electron chi connectivity index (χ4n) is 4.06. The minimum Gasteiger partial charge on any atom is -0.342 e. The Bertz CT molecular complexity index is 1150. The maximum atomic E-state index is 13.1. The van der Waals surface area contributed by atoms with E-state index in [1.165, 1.54) is 23.4 Å². The number of sulfonamides is 1. The van der Waals surface area contributed by atoms with E-state index in [-0.39, 0.29) is 12.2 Å². The van der Waals surface area contributed by atoms with E-state index in [1.54, 1.807) is 13.0 Å². The summed E-state index contributed by atoms with van der Waals surface area (Å²) < 4.78 is 26.7. The van der Waals surface area contributed by atoms with E-state index < -0.39 is 51.0 Å². The number of hydrogen-bond acceptors (Lipinski definition) is 8. The minimum atomic E-state index is -3.79. The number of aromatic nitrogens is 2. The fraction of sp³-hybridized carbons (Fsp3) is 0.600. The summed E-state index contributed by atoms with van der Waals surface area (Å²) in [6.07, 6.45) is 11.6. The van der Waals surface area contributed by atoms with Gasteiger partial charge in [-0.2, -0.15) is 0 Å². The molecule has 1 saturated heterocycles. The number of aryl methyl sites for hydroxylation is 1. The van der Waals surface area contributed by atoms with Crippen LogP contribution in [0.4, 0.5) is 0 Å². The first-order valence-corrected chi connectivity index (χ1v) is 14.6. The molecule has 0 radical (unpaired) electrons. The summed E-state index contributed by atoms with van der Waals surface area (Å²) in [7, 11) is -3.79. The molecule has 4 amide bonds. The topological polar surface area (TPSA) is 168 Å². The molecular formula is C25H36N6O6S. The second kappa shape index (κ2) is 13.4. The Morgan fingerprint density at radius 2 is 1.89 bits per heavy atom. The van der Waals surface area contributed by atoms with Crippen LogP contribution < -0.4 is 15.4 Å². The monoisotopic (exact) mass is 548 g/mol. The molecular weight excluding hydrogens is 512 g/mol. The zero-order valence-corrected chi connectivity index (χ0v) is 22.6. The van der Waals surface area contributed by atoms with Gasteiger partial charge in [-0.3, -0.25) is 28.9 Å². The Morgan fingerprint density at radius 1 is 1.13 bits per heavy atom. The molecule has 38 heavy (non-hydrogen) atoms. The molecule has 13 heteroatoms. The predicted octanol–water partition coefficient (Wildman–Crippen LogP) is 0.736. The SMILES string of the molecule is CCCCC/C=C\[C@@H](NC(=O)[C@@H]1CCCN1C(=O)CNC(=O)c1cnc(C)cn1)C(=O)NS(=O)(=O)C1CC1. The van der Waals surface area contributed by atoms with Crippen LogP contribution in [0.15, 0.2) is 24.5 Å². The Balaban J connectivity index is 1.61. The van der Waals surface area contributed by atoms with Gasteiger partial charge >= 0.3 is 0 Å². The van der Waals surface area contributed by atoms with Crippen LogP contribution in [0.25, 0.3) is 0 Å². The van der Waals surface area contributed by atoms with Crippen LogP contribution >= 0.6 is 0 Å². The smallest absolute Gasteiger partial charge is 0.271 e. The number of likely N-dealkylation sites (tertiary alicyclic amines) is 1. The molecule has 1 aliphatic heterocycles. The van der Waals surface area contributed by atoms with Crippen molar-refractivity contribution in [3.05, 3.63) is 35.9 Å². The highest BCUT2D eigenvalue weighted by atomic mass is 32.2. The summed E-state index contributed by atoms with van der Waals surface area (Å²) in [5.41, 5.74) is 0.719. The van der Waals surface area contributed by atoms with Crippen LogP contribution in [0.5, 0.6) is 0 Å². The Hall–Kier alpha value is -3.35. The van der Waals surface area contributed by atoms with Gasteiger partial charge in [0, 0.05) is 12.7 Å². The van der Waals surface area contributed by atoms with Crippen molar-refractivity contribution in [2.75, 3.05) is 13.1 Å². The zero-order valence-electron chi connectivity index (χ0n) is 21.8. The molecule has 0 aromatic carbocycles. The molecule has 1 aromatic rings. The van der Waals surface area contributed by atoms with Crippen LogP contribution in [-0.4, -0.2) is 77.3 Å². The molecule has 2 aliphatic rings. The first kappa shape index (κ1) is 29.2. The standard InChI is InChI=1S/C25H36N6O6S/c1-3-4-5-6-7-9-19(24(34)30-38(36,37)18-11-12-18)29-25(35)21-10-8-13-31(21)22(32)16-28-23(33)20-15-26-17(2)14-27-20/h7,9,14-15,18-19,21H,3-6,8,10-13,16H2,1-2H3,(H,28,33)(H,29,35)(H,30,34)/b9-7-/t19-,21+/m1/s1. The third-order valence-corrected chi connectivity index (χ3v) is 8.21. The lowest BCUT2D eigenvalue weighted by molar-refractivity contribution is -0.138. The first-order chi connectivity index (χ1) is 18.1. The van der Waals surface area contributed by atoms with Crippen molar-refractivity contribution in [1.82, 2.24) is 30.2 Å². The third kappa shape index (κ3) is 8.33. The van der Waals surface area contributed by atoms with Crippen LogP contribution in [0, 0.1) is 6.92 Å². The van der Waals surface area contributed by atoms with E-state index in [4.69, 9.17) is 0 Å². The summed E-state index contributed by atoms with van der Waals surface area (Å²) >= 11 is 0. The van der Waals surface area contributed by atoms with Crippen LogP contribution in [0.1, 0.15) is 74.5 Å². The molecule has 12 nitrogen and oxygen atoms in total. The van der Waals surface area contributed by atoms with Gasteiger partial charge in [-0.15, -0.1) is 0 Å². The number of hydrogen-bond donors (Lipinski definition) is 3. The lowest BCUT2D eigenvalue weighted by Gasteiger charge is -2.25. The molecule has 1 aliphatic carbocycles. The van der Waals surface area contributed by atoms with Crippen LogP contribution in [-0.2, 0) is 24.4 Å². The van der Waals surface area contributed by atoms with Gasteiger partial charge in [0.1, 0.15) is 17.8 Å². The van der Waals surface area contributed by atoms with Gasteiger partial charge in [-0.05, 0) is 45.4 Å². The van der Waals surface area contributed by atoms with Crippen molar-refractivity contribution in [3.8, 4) is 0 Å². The normalized spacial score (nSPS) is 18.3. The largest absolute Gasteiger partial charge is 0.342 e. The fourth-order valence-corrected chi connectivity index (χ4v) is 5.39. The van der Waals surface area contributed by atoms with Gasteiger partial charge in [0.2, 0.25) is 21.8 Å². The van der Waals surface area contributed by atoms with Crippen molar-refractivity contribution in [2.45, 2.75) is 82.5 Å². The molecule has 0 bridgehead atoms. The second-order valence-corrected chi connectivity index (χ2v) is 11.6. The van der Waals surface area contributed by atoms with Crippen molar-refractivity contribution in [1.29, 1.82) is 0 Å². The summed E-state index contributed by atoms with van der Waals surface area (Å²) in [6, 6.07) is -2.04. The number of amides is 4. The van der Waals surface area contributed by atoms with Gasteiger partial charge in [-0.25, -0.2) is 13.4 Å². The summed E-state index contributed by atoms with van der Waals surface area (Å²) in [5, 5.41) is 4.52. The average Bonchev–Trinajstić information content (AvgIpc) is 3.64. The van der Waals surface area contributed by atoms with E-state index in [9.17, 15) is 27.6 Å². The number of rotatable bonds is 13. The summed E-state index contributed by atoms with van der Waals surface area (Å²) in [6.45, 7) is 3.79. The number of nitrogens with zero attached hydrogens (tertiary/aromatic N) is 3. The van der Waals surface area contributed by atoms with Gasteiger partial charge < -0.3 is 15.5 Å². The number of allylic oxidation sites excluding steroid dienone is 1. The Kier molecular flexibility index (Phi) is 10.3. The molecule has 2 atom stereocenters. The molecule has 0 spiro atoms. The Morgan fingerprint density at radius 3 is 2.55 bits per heavy atom. The molecule has 2 fully saturated rings. The Labute approximate surface area is 223 Å². The first-order valence-electron chi connectivity index (χ1n) is 13.0. The number of carbonyl (C=O) groups excluding carboxylic acids is 4.